The van der Waals surface area contributed by atoms with Crippen LogP contribution in [0.1, 0.15) is 21.6 Å². The van der Waals surface area contributed by atoms with Crippen molar-refractivity contribution in [3.63, 3.8) is 0 Å². The van der Waals surface area contributed by atoms with Gasteiger partial charge in [-0.25, -0.2) is 0 Å². The van der Waals surface area contributed by atoms with Gasteiger partial charge in [0.25, 0.3) is 5.91 Å². The number of amides is 2. The summed E-state index contributed by atoms with van der Waals surface area (Å²) in [6, 6.07) is 10.4. The van der Waals surface area contributed by atoms with E-state index in [-0.39, 0.29) is 18.0 Å². The van der Waals surface area contributed by atoms with Crippen molar-refractivity contribution in [3.05, 3.63) is 58.2 Å². The van der Waals surface area contributed by atoms with Crippen LogP contribution in [0, 0.1) is 0 Å². The number of methoxy groups -OCH3 is 3. The van der Waals surface area contributed by atoms with Gasteiger partial charge in [-0.1, -0.05) is 16.8 Å². The zero-order chi connectivity index (χ0) is 24.2. The lowest BCUT2D eigenvalue weighted by atomic mass is 10.0. The van der Waals surface area contributed by atoms with E-state index < -0.39 is 5.91 Å². The fraction of sp³-hybridized carbons (Fsp3) is 0.292. The Bertz CT molecular complexity index is 1180. The van der Waals surface area contributed by atoms with Gasteiger partial charge in [0.15, 0.2) is 17.3 Å². The maximum Gasteiger partial charge on any atom is 0.251 e. The number of aromatic nitrogens is 1. The molecule has 0 bridgehead atoms. The first-order valence-corrected chi connectivity index (χ1v) is 10.9. The number of fused-ring (bicyclic) bond motifs is 1. The maximum absolute atomic E-state index is 12.8. The summed E-state index contributed by atoms with van der Waals surface area (Å²) in [7, 11) is 4.42. The van der Waals surface area contributed by atoms with Crippen molar-refractivity contribution in [1.82, 2.24) is 15.4 Å². The van der Waals surface area contributed by atoms with Crippen molar-refractivity contribution in [1.29, 1.82) is 0 Å². The van der Waals surface area contributed by atoms with Crippen LogP contribution in [0.2, 0.25) is 5.02 Å². The van der Waals surface area contributed by atoms with E-state index in [0.29, 0.717) is 53.2 Å². The van der Waals surface area contributed by atoms with Crippen LogP contribution >= 0.6 is 11.6 Å². The molecule has 0 unspecified atom stereocenters. The number of hydrogen-bond acceptors (Lipinski definition) is 7. The van der Waals surface area contributed by atoms with Gasteiger partial charge in [-0.2, -0.15) is 0 Å². The highest BCUT2D eigenvalue weighted by Crippen LogP contribution is 2.38. The molecule has 9 nitrogen and oxygen atoms in total. The van der Waals surface area contributed by atoms with Gasteiger partial charge < -0.3 is 29.0 Å². The van der Waals surface area contributed by atoms with Gasteiger partial charge in [0, 0.05) is 28.3 Å². The quantitative estimate of drug-likeness (QED) is 0.547. The summed E-state index contributed by atoms with van der Waals surface area (Å²) in [6.45, 7) is 0.645. The van der Waals surface area contributed by atoms with Gasteiger partial charge in [0.1, 0.15) is 5.69 Å². The fourth-order valence-electron chi connectivity index (χ4n) is 3.85. The van der Waals surface area contributed by atoms with Gasteiger partial charge in [-0.15, -0.1) is 0 Å². The van der Waals surface area contributed by atoms with Gasteiger partial charge >= 0.3 is 0 Å². The molecule has 0 fully saturated rings. The molecule has 2 heterocycles. The van der Waals surface area contributed by atoms with Crippen LogP contribution in [0.25, 0.3) is 11.3 Å². The Hall–Kier alpha value is -3.72. The topological polar surface area (TPSA) is 103 Å². The van der Waals surface area contributed by atoms with E-state index >= 15 is 0 Å². The molecule has 1 aliphatic rings. The zero-order valence-corrected chi connectivity index (χ0v) is 19.8. The molecule has 10 heteroatoms. The zero-order valence-electron chi connectivity index (χ0n) is 19.0. The lowest BCUT2D eigenvalue weighted by molar-refractivity contribution is -0.131. The van der Waals surface area contributed by atoms with Crippen LogP contribution < -0.4 is 19.5 Å². The van der Waals surface area contributed by atoms with Crippen LogP contribution in [0.4, 0.5) is 0 Å². The summed E-state index contributed by atoms with van der Waals surface area (Å²) in [5.74, 6) is 1.12. The SMILES string of the molecule is COc1cc(C(=O)NCC(=O)N2CCc3c(noc3-c3ccc(Cl)cc3)C2)cc(OC)c1OC. The summed E-state index contributed by atoms with van der Waals surface area (Å²) in [5.41, 5.74) is 2.86. The molecule has 34 heavy (non-hydrogen) atoms. The van der Waals surface area contributed by atoms with E-state index in [1.807, 2.05) is 12.1 Å². The molecule has 4 rings (SSSR count). The molecule has 0 aliphatic carbocycles. The monoisotopic (exact) mass is 485 g/mol. The van der Waals surface area contributed by atoms with Crippen LogP contribution in [0.5, 0.6) is 17.2 Å². The van der Waals surface area contributed by atoms with Crippen molar-refractivity contribution in [3.8, 4) is 28.6 Å². The number of halogens is 1. The van der Waals surface area contributed by atoms with Gasteiger partial charge in [0.05, 0.1) is 34.4 Å². The first-order valence-electron chi connectivity index (χ1n) is 10.5. The van der Waals surface area contributed by atoms with Crippen LogP contribution in [0.3, 0.4) is 0 Å². The van der Waals surface area contributed by atoms with Crippen molar-refractivity contribution in [2.24, 2.45) is 0 Å². The number of nitrogens with zero attached hydrogens (tertiary/aromatic N) is 2. The summed E-state index contributed by atoms with van der Waals surface area (Å²) < 4.78 is 21.4. The van der Waals surface area contributed by atoms with Crippen molar-refractivity contribution in [2.45, 2.75) is 13.0 Å². The molecule has 178 valence electrons. The molecule has 0 spiro atoms. The Morgan fingerprint density at radius 3 is 2.38 bits per heavy atom. The second-order valence-electron chi connectivity index (χ2n) is 7.61. The van der Waals surface area contributed by atoms with Crippen molar-refractivity contribution in [2.75, 3.05) is 34.4 Å². The van der Waals surface area contributed by atoms with E-state index in [1.54, 1.807) is 17.0 Å². The highest BCUT2D eigenvalue weighted by Gasteiger charge is 2.27. The van der Waals surface area contributed by atoms with Crippen LogP contribution in [-0.2, 0) is 17.8 Å². The predicted octanol–water partition coefficient (Wildman–Crippen LogP) is 3.34. The average molecular weight is 486 g/mol. The van der Waals surface area contributed by atoms with Crippen LogP contribution in [-0.4, -0.2) is 56.3 Å². The van der Waals surface area contributed by atoms with Gasteiger partial charge in [-0.05, 0) is 42.8 Å². The third kappa shape index (κ3) is 4.65. The van der Waals surface area contributed by atoms with Crippen LogP contribution in [0.15, 0.2) is 40.9 Å². The first kappa shape index (κ1) is 23.4. The second kappa shape index (κ2) is 10.0. The molecular formula is C24H24ClN3O6. The summed E-state index contributed by atoms with van der Waals surface area (Å²) in [6.07, 6.45) is 0.601. The molecule has 0 saturated heterocycles. The minimum atomic E-state index is -0.434. The molecule has 1 aromatic heterocycles. The van der Waals surface area contributed by atoms with Gasteiger partial charge in [-0.3, -0.25) is 9.59 Å². The predicted molar refractivity (Wildman–Crippen MR) is 125 cm³/mol. The smallest absolute Gasteiger partial charge is 0.251 e. The van der Waals surface area contributed by atoms with E-state index in [9.17, 15) is 9.59 Å². The number of carbonyl (C=O) groups is 2. The molecule has 1 aliphatic heterocycles. The summed E-state index contributed by atoms with van der Waals surface area (Å²) in [4.78, 5) is 27.1. The highest BCUT2D eigenvalue weighted by molar-refractivity contribution is 6.30. The minimum absolute atomic E-state index is 0.160. The Morgan fingerprint density at radius 1 is 1.09 bits per heavy atom. The van der Waals surface area contributed by atoms with E-state index in [0.717, 1.165) is 11.1 Å². The molecule has 0 radical (unpaired) electrons. The van der Waals surface area contributed by atoms with Gasteiger partial charge in [0.2, 0.25) is 11.7 Å². The second-order valence-corrected chi connectivity index (χ2v) is 8.04. The normalized spacial score (nSPS) is 12.6. The number of nitrogens with one attached hydrogen (secondary N) is 1. The number of benzene rings is 2. The number of carbonyl (C=O) groups excluding carboxylic acids is 2. The highest BCUT2D eigenvalue weighted by atomic mass is 35.5. The first-order chi connectivity index (χ1) is 16.4. The molecular weight excluding hydrogens is 462 g/mol. The maximum atomic E-state index is 12.8. The minimum Gasteiger partial charge on any atom is -0.493 e. The Morgan fingerprint density at radius 2 is 1.76 bits per heavy atom. The number of ether oxygens (including phenoxy) is 3. The van der Waals surface area contributed by atoms with E-state index in [2.05, 4.69) is 10.5 Å². The average Bonchev–Trinajstić information content (AvgIpc) is 3.29. The third-order valence-corrected chi connectivity index (χ3v) is 5.88. The van der Waals surface area contributed by atoms with E-state index in [4.69, 9.17) is 30.3 Å². The largest absolute Gasteiger partial charge is 0.493 e. The summed E-state index contributed by atoms with van der Waals surface area (Å²) in [5, 5.41) is 7.46. The molecule has 3 aromatic rings. The lowest BCUT2D eigenvalue weighted by Gasteiger charge is -2.26. The van der Waals surface area contributed by atoms with Crippen molar-refractivity contribution < 1.29 is 28.3 Å². The third-order valence-electron chi connectivity index (χ3n) is 5.63. The lowest BCUT2D eigenvalue weighted by Crippen LogP contribution is -2.42. The number of hydrogen-bond donors (Lipinski definition) is 1. The van der Waals surface area contributed by atoms with E-state index in [1.165, 1.54) is 33.5 Å². The molecule has 0 saturated carbocycles. The molecule has 0 atom stereocenters. The molecule has 2 aromatic carbocycles. The molecule has 2 amide bonds. The summed E-state index contributed by atoms with van der Waals surface area (Å²) >= 11 is 5.97. The Balaban J connectivity index is 1.40. The number of rotatable bonds is 7. The van der Waals surface area contributed by atoms with Crippen molar-refractivity contribution >= 4 is 23.4 Å². The Labute approximate surface area is 201 Å². The fourth-order valence-corrected chi connectivity index (χ4v) is 3.98. The standard InChI is InChI=1S/C24H24ClN3O6/c1-31-19-10-15(11-20(32-2)23(19)33-3)24(30)26-12-21(29)28-9-8-17-18(13-28)27-34-22(17)14-4-6-16(25)7-5-14/h4-7,10-11H,8-9,12-13H2,1-3H3,(H,26,30). The Kier molecular flexibility index (Phi) is 6.93. The molecule has 1 N–H and O–H groups in total.